The molecule has 0 fully saturated rings. The highest BCUT2D eigenvalue weighted by Crippen LogP contribution is 2.36. The summed E-state index contributed by atoms with van der Waals surface area (Å²) in [5.74, 6) is 0. The molecule has 0 bridgehead atoms. The van der Waals surface area contributed by atoms with Gasteiger partial charge in [0.2, 0.25) is 0 Å². The van der Waals surface area contributed by atoms with Gasteiger partial charge in [0.25, 0.3) is 0 Å². The van der Waals surface area contributed by atoms with E-state index in [1.807, 2.05) is 18.2 Å². The zero-order valence-corrected chi connectivity index (χ0v) is 13.9. The fraction of sp³-hybridized carbons (Fsp3) is 0.200. The molecular formula is C15H13Br2Cl. The van der Waals surface area contributed by atoms with Gasteiger partial charge >= 0.3 is 0 Å². The molecule has 0 amide bonds. The van der Waals surface area contributed by atoms with Crippen molar-refractivity contribution in [1.82, 2.24) is 0 Å². The molecule has 0 aliphatic heterocycles. The summed E-state index contributed by atoms with van der Waals surface area (Å²) in [6, 6.07) is 14.5. The number of hydrogen-bond acceptors (Lipinski definition) is 0. The Morgan fingerprint density at radius 1 is 1.11 bits per heavy atom. The van der Waals surface area contributed by atoms with Gasteiger partial charge < -0.3 is 0 Å². The maximum Gasteiger partial charge on any atom is 0.0656 e. The van der Waals surface area contributed by atoms with Gasteiger partial charge in [0, 0.05) is 9.50 Å². The van der Waals surface area contributed by atoms with Gasteiger partial charge in [-0.2, -0.15) is 0 Å². The van der Waals surface area contributed by atoms with Crippen LogP contribution >= 0.6 is 43.5 Å². The van der Waals surface area contributed by atoms with E-state index in [1.54, 1.807) is 0 Å². The highest BCUT2D eigenvalue weighted by molar-refractivity contribution is 9.11. The molecule has 1 unspecified atom stereocenters. The van der Waals surface area contributed by atoms with Gasteiger partial charge in [0.05, 0.1) is 4.83 Å². The number of benzene rings is 2. The average molecular weight is 389 g/mol. The molecule has 0 N–H and O–H groups in total. The Kier molecular flexibility index (Phi) is 4.88. The topological polar surface area (TPSA) is 0 Å². The summed E-state index contributed by atoms with van der Waals surface area (Å²) in [4.78, 5) is 0.150. The summed E-state index contributed by atoms with van der Waals surface area (Å²) in [7, 11) is 0. The van der Waals surface area contributed by atoms with Crippen LogP contribution in [0.25, 0.3) is 0 Å². The van der Waals surface area contributed by atoms with Crippen molar-refractivity contribution in [3.63, 3.8) is 0 Å². The zero-order chi connectivity index (χ0) is 13.1. The van der Waals surface area contributed by atoms with Crippen LogP contribution in [0.15, 0.2) is 46.9 Å². The minimum absolute atomic E-state index is 0.150. The second-order valence-corrected chi connectivity index (χ2v) is 6.33. The van der Waals surface area contributed by atoms with E-state index < -0.39 is 0 Å². The van der Waals surface area contributed by atoms with Crippen molar-refractivity contribution in [2.75, 3.05) is 0 Å². The molecule has 0 nitrogen and oxygen atoms in total. The van der Waals surface area contributed by atoms with Crippen LogP contribution in [-0.4, -0.2) is 0 Å². The van der Waals surface area contributed by atoms with Crippen molar-refractivity contribution < 1.29 is 0 Å². The minimum Gasteiger partial charge on any atom is -0.0843 e. The average Bonchev–Trinajstić information content (AvgIpc) is 2.41. The van der Waals surface area contributed by atoms with Crippen molar-refractivity contribution in [3.8, 4) is 0 Å². The van der Waals surface area contributed by atoms with Gasteiger partial charge in [-0.05, 0) is 41.3 Å². The van der Waals surface area contributed by atoms with Gasteiger partial charge in [0.15, 0.2) is 0 Å². The molecule has 2 aromatic rings. The first kappa shape index (κ1) is 14.1. The Hall–Kier alpha value is -0.310. The SMILES string of the molecule is CCc1ccc(C(Br)c2cc(Cl)ccc2Br)cc1. The summed E-state index contributed by atoms with van der Waals surface area (Å²) >= 11 is 13.4. The standard InChI is InChI=1S/C15H13Br2Cl/c1-2-10-3-5-11(6-4-10)15(17)13-9-12(18)7-8-14(13)16/h3-9,15H,2H2,1H3. The van der Waals surface area contributed by atoms with E-state index in [4.69, 9.17) is 11.6 Å². The molecule has 3 heteroatoms. The molecular weight excluding hydrogens is 375 g/mol. The fourth-order valence-electron chi connectivity index (χ4n) is 1.81. The molecule has 2 rings (SSSR count). The first-order valence-electron chi connectivity index (χ1n) is 5.79. The lowest BCUT2D eigenvalue weighted by Gasteiger charge is -2.13. The van der Waals surface area contributed by atoms with E-state index in [9.17, 15) is 0 Å². The summed E-state index contributed by atoms with van der Waals surface area (Å²) in [6.45, 7) is 2.16. The van der Waals surface area contributed by atoms with Gasteiger partial charge in [-0.1, -0.05) is 74.7 Å². The molecule has 0 radical (unpaired) electrons. The van der Waals surface area contributed by atoms with Crippen LogP contribution < -0.4 is 0 Å². The van der Waals surface area contributed by atoms with Gasteiger partial charge in [0.1, 0.15) is 0 Å². The third-order valence-corrected chi connectivity index (χ3v) is 4.89. The zero-order valence-electron chi connectivity index (χ0n) is 9.96. The molecule has 0 aromatic heterocycles. The van der Waals surface area contributed by atoms with Crippen LogP contribution in [0, 0.1) is 0 Å². The number of alkyl halides is 1. The van der Waals surface area contributed by atoms with Crippen LogP contribution in [0.1, 0.15) is 28.4 Å². The lowest BCUT2D eigenvalue weighted by Crippen LogP contribution is -1.94. The van der Waals surface area contributed by atoms with E-state index >= 15 is 0 Å². The Labute approximate surface area is 130 Å². The number of aryl methyl sites for hydroxylation is 1. The van der Waals surface area contributed by atoms with Crippen molar-refractivity contribution >= 4 is 43.5 Å². The highest BCUT2D eigenvalue weighted by atomic mass is 79.9. The Bertz CT molecular complexity index is 535. The Morgan fingerprint density at radius 2 is 1.78 bits per heavy atom. The summed E-state index contributed by atoms with van der Waals surface area (Å²) in [5, 5.41) is 0.753. The molecule has 0 aliphatic rings. The molecule has 0 spiro atoms. The predicted octanol–water partition coefficient (Wildman–Crippen LogP) is 6.15. The van der Waals surface area contributed by atoms with Gasteiger partial charge in [-0.15, -0.1) is 0 Å². The van der Waals surface area contributed by atoms with Gasteiger partial charge in [-0.3, -0.25) is 0 Å². The van der Waals surface area contributed by atoms with Gasteiger partial charge in [-0.25, -0.2) is 0 Å². The summed E-state index contributed by atoms with van der Waals surface area (Å²) in [6.07, 6.45) is 1.06. The first-order valence-corrected chi connectivity index (χ1v) is 7.88. The van der Waals surface area contributed by atoms with Crippen molar-refractivity contribution in [1.29, 1.82) is 0 Å². The molecule has 2 aromatic carbocycles. The first-order chi connectivity index (χ1) is 8.61. The van der Waals surface area contributed by atoms with Crippen molar-refractivity contribution in [3.05, 3.63) is 68.7 Å². The smallest absolute Gasteiger partial charge is 0.0656 e. The molecule has 0 heterocycles. The lowest BCUT2D eigenvalue weighted by molar-refractivity contribution is 1.11. The fourth-order valence-corrected chi connectivity index (χ4v) is 3.46. The molecule has 1 atom stereocenters. The van der Waals surface area contributed by atoms with Crippen LogP contribution in [0.3, 0.4) is 0 Å². The number of halogens is 3. The largest absolute Gasteiger partial charge is 0.0843 e. The monoisotopic (exact) mass is 386 g/mol. The predicted molar refractivity (Wildman–Crippen MR) is 85.7 cm³/mol. The highest BCUT2D eigenvalue weighted by Gasteiger charge is 2.13. The minimum atomic E-state index is 0.150. The van der Waals surface area contributed by atoms with E-state index in [1.165, 1.54) is 11.1 Å². The normalized spacial score (nSPS) is 12.4. The quantitative estimate of drug-likeness (QED) is 0.553. The van der Waals surface area contributed by atoms with Crippen LogP contribution in [0.5, 0.6) is 0 Å². The van der Waals surface area contributed by atoms with E-state index in [0.717, 1.165) is 21.5 Å². The maximum atomic E-state index is 6.05. The summed E-state index contributed by atoms with van der Waals surface area (Å²) < 4.78 is 1.06. The van der Waals surface area contributed by atoms with Crippen molar-refractivity contribution in [2.24, 2.45) is 0 Å². The number of rotatable bonds is 3. The Balaban J connectivity index is 2.34. The summed E-state index contributed by atoms with van der Waals surface area (Å²) in [5.41, 5.74) is 3.73. The van der Waals surface area contributed by atoms with E-state index in [0.29, 0.717) is 0 Å². The molecule has 0 saturated carbocycles. The lowest BCUT2D eigenvalue weighted by atomic mass is 10.0. The number of hydrogen-bond donors (Lipinski definition) is 0. The molecule has 0 saturated heterocycles. The third kappa shape index (κ3) is 3.17. The molecule has 0 aliphatic carbocycles. The van der Waals surface area contributed by atoms with E-state index in [2.05, 4.69) is 63.0 Å². The third-order valence-electron chi connectivity index (χ3n) is 2.91. The second-order valence-electron chi connectivity index (χ2n) is 4.12. The maximum absolute atomic E-state index is 6.05. The van der Waals surface area contributed by atoms with E-state index in [-0.39, 0.29) is 4.83 Å². The van der Waals surface area contributed by atoms with Crippen LogP contribution in [0.2, 0.25) is 5.02 Å². The van der Waals surface area contributed by atoms with Crippen molar-refractivity contribution in [2.45, 2.75) is 18.2 Å². The molecule has 18 heavy (non-hydrogen) atoms. The molecule has 94 valence electrons. The van der Waals surface area contributed by atoms with Crippen LogP contribution in [-0.2, 0) is 6.42 Å². The second kappa shape index (κ2) is 6.23. The van der Waals surface area contributed by atoms with Crippen LogP contribution in [0.4, 0.5) is 0 Å². The Morgan fingerprint density at radius 3 is 2.39 bits per heavy atom.